The van der Waals surface area contributed by atoms with E-state index < -0.39 is 23.0 Å². The summed E-state index contributed by atoms with van der Waals surface area (Å²) in [6.45, 7) is 1.71. The Labute approximate surface area is 152 Å². The smallest absolute Gasteiger partial charge is 0.293 e. The molecule has 0 fully saturated rings. The molecule has 0 amide bonds. The quantitative estimate of drug-likeness (QED) is 0.693. The third kappa shape index (κ3) is 4.08. The van der Waals surface area contributed by atoms with E-state index in [1.807, 2.05) is 13.0 Å². The van der Waals surface area contributed by atoms with Gasteiger partial charge in [0.05, 0.1) is 13.7 Å². The second kappa shape index (κ2) is 7.48. The van der Waals surface area contributed by atoms with Gasteiger partial charge in [-0.1, -0.05) is 6.07 Å². The number of hydrogen-bond donors (Lipinski definition) is 1. The molecule has 0 aliphatic heterocycles. The molecule has 0 bridgehead atoms. The minimum atomic E-state index is -1.55. The average Bonchev–Trinajstić information content (AvgIpc) is 2.63. The highest BCUT2D eigenvalue weighted by molar-refractivity contribution is 5.60. The molecule has 0 unspecified atom stereocenters. The number of benzene rings is 2. The lowest BCUT2D eigenvalue weighted by molar-refractivity contribution is 0.415. The Morgan fingerprint density at radius 2 is 1.85 bits per heavy atom. The first kappa shape index (κ1) is 18.4. The zero-order valence-corrected chi connectivity index (χ0v) is 14.5. The lowest BCUT2D eigenvalue weighted by Crippen LogP contribution is -2.19. The molecule has 2 aromatic carbocycles. The Morgan fingerprint density at radius 3 is 2.52 bits per heavy atom. The number of aryl methyl sites for hydroxylation is 1. The first-order valence-corrected chi connectivity index (χ1v) is 7.86. The highest BCUT2D eigenvalue weighted by atomic mass is 19.2. The predicted octanol–water partition coefficient (Wildman–Crippen LogP) is 3.16. The molecule has 3 rings (SSSR count). The van der Waals surface area contributed by atoms with E-state index in [0.29, 0.717) is 11.4 Å². The van der Waals surface area contributed by atoms with Gasteiger partial charge in [0, 0.05) is 11.8 Å². The van der Waals surface area contributed by atoms with Crippen molar-refractivity contribution in [1.82, 2.24) is 14.8 Å². The largest absolute Gasteiger partial charge is 0.497 e. The second-order valence-electron chi connectivity index (χ2n) is 5.76. The number of hydrogen-bond acceptors (Lipinski definition) is 5. The predicted molar refractivity (Wildman–Crippen MR) is 92.7 cm³/mol. The number of methoxy groups -OCH3 is 1. The molecule has 3 aromatic rings. The molecular formula is C18H15F3N4O2. The van der Waals surface area contributed by atoms with Crippen molar-refractivity contribution < 1.29 is 17.9 Å². The van der Waals surface area contributed by atoms with Crippen LogP contribution in [0.3, 0.4) is 0 Å². The molecule has 1 N–H and O–H groups in total. The van der Waals surface area contributed by atoms with Crippen LogP contribution >= 0.6 is 0 Å². The molecule has 1 aromatic heterocycles. The number of rotatable bonds is 5. The van der Waals surface area contributed by atoms with E-state index in [0.717, 1.165) is 23.9 Å². The van der Waals surface area contributed by atoms with E-state index in [4.69, 9.17) is 4.74 Å². The first-order chi connectivity index (χ1) is 12.9. The summed E-state index contributed by atoms with van der Waals surface area (Å²) < 4.78 is 46.5. The fourth-order valence-corrected chi connectivity index (χ4v) is 2.43. The number of nitrogens with one attached hydrogen (secondary N) is 1. The maximum atomic E-state index is 13.5. The summed E-state index contributed by atoms with van der Waals surface area (Å²) >= 11 is 0. The van der Waals surface area contributed by atoms with Gasteiger partial charge in [-0.25, -0.2) is 17.9 Å². The average molecular weight is 376 g/mol. The summed E-state index contributed by atoms with van der Waals surface area (Å²) in [6, 6.07) is 7.01. The van der Waals surface area contributed by atoms with Crippen molar-refractivity contribution in [3.63, 3.8) is 0 Å². The maximum absolute atomic E-state index is 13.5. The van der Waals surface area contributed by atoms with Crippen molar-refractivity contribution in [2.75, 3.05) is 12.4 Å². The van der Waals surface area contributed by atoms with E-state index in [-0.39, 0.29) is 18.1 Å². The van der Waals surface area contributed by atoms with Crippen LogP contribution in [0.25, 0.3) is 0 Å². The highest BCUT2D eigenvalue weighted by Crippen LogP contribution is 2.24. The van der Waals surface area contributed by atoms with Crippen molar-refractivity contribution in [2.45, 2.75) is 13.5 Å². The van der Waals surface area contributed by atoms with Crippen molar-refractivity contribution in [3.05, 3.63) is 75.5 Å². The van der Waals surface area contributed by atoms with Gasteiger partial charge in [0.15, 0.2) is 17.5 Å². The molecule has 0 spiro atoms. The van der Waals surface area contributed by atoms with E-state index in [1.54, 1.807) is 12.1 Å². The van der Waals surface area contributed by atoms with Crippen LogP contribution in [0.4, 0.5) is 24.8 Å². The van der Waals surface area contributed by atoms with Crippen LogP contribution in [0, 0.1) is 24.4 Å². The highest BCUT2D eigenvalue weighted by Gasteiger charge is 2.13. The Balaban J connectivity index is 1.98. The van der Waals surface area contributed by atoms with Crippen LogP contribution in [0.2, 0.25) is 0 Å². The second-order valence-corrected chi connectivity index (χ2v) is 5.76. The van der Waals surface area contributed by atoms with Crippen molar-refractivity contribution in [2.24, 2.45) is 0 Å². The van der Waals surface area contributed by atoms with Gasteiger partial charge in [0.1, 0.15) is 11.9 Å². The molecular weight excluding hydrogens is 361 g/mol. The third-order valence-corrected chi connectivity index (χ3v) is 3.84. The summed E-state index contributed by atoms with van der Waals surface area (Å²) in [5.74, 6) is -3.52. The third-order valence-electron chi connectivity index (χ3n) is 3.84. The zero-order chi connectivity index (χ0) is 19.6. The summed E-state index contributed by atoms with van der Waals surface area (Å²) in [5.41, 5.74) is 0.985. The Hall–Kier alpha value is -3.36. The first-order valence-electron chi connectivity index (χ1n) is 7.86. The fourth-order valence-electron chi connectivity index (χ4n) is 2.43. The molecule has 0 saturated carbocycles. The van der Waals surface area contributed by atoms with Crippen molar-refractivity contribution >= 4 is 11.6 Å². The van der Waals surface area contributed by atoms with Crippen molar-refractivity contribution in [1.29, 1.82) is 0 Å². The molecule has 27 heavy (non-hydrogen) atoms. The summed E-state index contributed by atoms with van der Waals surface area (Å²) in [6.07, 6.45) is 0.972. The van der Waals surface area contributed by atoms with E-state index in [1.165, 1.54) is 11.8 Å². The lowest BCUT2D eigenvalue weighted by Gasteiger charge is -2.15. The van der Waals surface area contributed by atoms with Gasteiger partial charge < -0.3 is 10.1 Å². The van der Waals surface area contributed by atoms with Crippen molar-refractivity contribution in [3.8, 4) is 5.75 Å². The van der Waals surface area contributed by atoms with E-state index >= 15 is 0 Å². The van der Waals surface area contributed by atoms with Gasteiger partial charge in [-0.15, -0.1) is 0 Å². The van der Waals surface area contributed by atoms with Crippen LogP contribution in [0.5, 0.6) is 5.75 Å². The minimum Gasteiger partial charge on any atom is -0.497 e. The van der Waals surface area contributed by atoms with Gasteiger partial charge in [0.25, 0.3) is 5.56 Å². The fraction of sp³-hybridized carbons (Fsp3) is 0.167. The van der Waals surface area contributed by atoms with Gasteiger partial charge in [0.2, 0.25) is 5.95 Å². The van der Waals surface area contributed by atoms with Crippen LogP contribution in [-0.4, -0.2) is 21.9 Å². The van der Waals surface area contributed by atoms with Crippen LogP contribution < -0.4 is 15.6 Å². The lowest BCUT2D eigenvalue weighted by atomic mass is 10.2. The normalized spacial score (nSPS) is 10.7. The number of ether oxygens (including phenoxy) is 1. The molecule has 0 radical (unpaired) electrons. The zero-order valence-electron chi connectivity index (χ0n) is 14.5. The molecule has 0 aliphatic rings. The number of halogens is 3. The topological polar surface area (TPSA) is 69.0 Å². The number of anilines is 2. The molecule has 9 heteroatoms. The molecule has 0 aliphatic carbocycles. The SMILES string of the molecule is COc1ccc(C)c(Nc2nc(=O)cnn2Cc2cc(F)c(F)c(F)c2)c1. The Bertz CT molecular complexity index is 1030. The molecule has 140 valence electrons. The van der Waals surface area contributed by atoms with E-state index in [9.17, 15) is 18.0 Å². The number of aromatic nitrogens is 3. The van der Waals surface area contributed by atoms with Gasteiger partial charge in [-0.05, 0) is 36.2 Å². The summed E-state index contributed by atoms with van der Waals surface area (Å²) in [5, 5.41) is 6.90. The van der Waals surface area contributed by atoms with Gasteiger partial charge in [-0.2, -0.15) is 10.1 Å². The van der Waals surface area contributed by atoms with Crippen LogP contribution in [0.15, 0.2) is 41.3 Å². The van der Waals surface area contributed by atoms with Gasteiger partial charge >= 0.3 is 0 Å². The van der Waals surface area contributed by atoms with E-state index in [2.05, 4.69) is 15.4 Å². The standard InChI is InChI=1S/C18H15F3N4O2/c1-10-3-4-12(27-2)7-15(10)23-18-24-16(26)8-22-25(18)9-11-5-13(19)17(21)14(20)6-11/h3-8H,9H2,1-2H3,(H,23,24,26). The Kier molecular flexibility index (Phi) is 5.11. The van der Waals surface area contributed by atoms with Gasteiger partial charge in [-0.3, -0.25) is 4.79 Å². The molecule has 6 nitrogen and oxygen atoms in total. The molecule has 1 heterocycles. The maximum Gasteiger partial charge on any atom is 0.293 e. The summed E-state index contributed by atoms with van der Waals surface area (Å²) in [7, 11) is 1.52. The minimum absolute atomic E-state index is 0.0593. The monoisotopic (exact) mass is 376 g/mol. The molecule has 0 atom stereocenters. The summed E-state index contributed by atoms with van der Waals surface area (Å²) in [4.78, 5) is 15.5. The Morgan fingerprint density at radius 1 is 1.15 bits per heavy atom. The molecule has 0 saturated heterocycles. The number of nitrogens with zero attached hydrogens (tertiary/aromatic N) is 3. The van der Waals surface area contributed by atoms with Crippen LogP contribution in [-0.2, 0) is 6.54 Å². The van der Waals surface area contributed by atoms with Crippen LogP contribution in [0.1, 0.15) is 11.1 Å².